The maximum absolute atomic E-state index is 12.1. The first-order valence-electron chi connectivity index (χ1n) is 8.61. The standard InChI is InChI=1S/C21H20N4O/c1-2-10-23-21(26)16-7-5-6-15(11-16)13-25-20-17(12-22)14-24-19-9-4-3-8-18(19)20/h3-9,11,14H,2,10,13H2,1H3,(H,23,26)(H,24,25). The normalized spacial score (nSPS) is 10.3. The van der Waals surface area contributed by atoms with E-state index in [1.165, 1.54) is 0 Å². The number of benzene rings is 2. The van der Waals surface area contributed by atoms with Crippen LogP contribution in [0.1, 0.15) is 34.8 Å². The van der Waals surface area contributed by atoms with Gasteiger partial charge in [-0.2, -0.15) is 5.26 Å². The summed E-state index contributed by atoms with van der Waals surface area (Å²) in [5.41, 5.74) is 3.71. The molecular formula is C21H20N4O. The van der Waals surface area contributed by atoms with Gasteiger partial charge in [0.25, 0.3) is 5.91 Å². The number of nitrogens with zero attached hydrogens (tertiary/aromatic N) is 2. The van der Waals surface area contributed by atoms with Crippen molar-refractivity contribution in [3.8, 4) is 6.07 Å². The highest BCUT2D eigenvalue weighted by Gasteiger charge is 2.09. The van der Waals surface area contributed by atoms with Crippen LogP contribution in [-0.4, -0.2) is 17.4 Å². The Bertz CT molecular complexity index is 975. The van der Waals surface area contributed by atoms with Crippen LogP contribution in [0.15, 0.2) is 54.7 Å². The molecule has 0 aliphatic rings. The number of rotatable bonds is 6. The largest absolute Gasteiger partial charge is 0.379 e. The molecule has 0 saturated heterocycles. The monoisotopic (exact) mass is 344 g/mol. The lowest BCUT2D eigenvalue weighted by Gasteiger charge is -2.12. The maximum atomic E-state index is 12.1. The Morgan fingerprint density at radius 2 is 2.04 bits per heavy atom. The van der Waals surface area contributed by atoms with Crippen LogP contribution in [0.5, 0.6) is 0 Å². The van der Waals surface area contributed by atoms with Crippen molar-refractivity contribution in [3.05, 3.63) is 71.4 Å². The topological polar surface area (TPSA) is 77.8 Å². The molecule has 1 heterocycles. The molecule has 0 spiro atoms. The van der Waals surface area contributed by atoms with Crippen molar-refractivity contribution in [2.75, 3.05) is 11.9 Å². The molecule has 1 amide bonds. The minimum atomic E-state index is -0.0687. The summed E-state index contributed by atoms with van der Waals surface area (Å²) >= 11 is 0. The zero-order valence-corrected chi connectivity index (χ0v) is 14.6. The van der Waals surface area contributed by atoms with Crippen LogP contribution < -0.4 is 10.6 Å². The van der Waals surface area contributed by atoms with E-state index in [9.17, 15) is 10.1 Å². The van der Waals surface area contributed by atoms with Crippen LogP contribution in [0.4, 0.5) is 5.69 Å². The van der Waals surface area contributed by atoms with Gasteiger partial charge in [-0.15, -0.1) is 0 Å². The zero-order chi connectivity index (χ0) is 18.4. The summed E-state index contributed by atoms with van der Waals surface area (Å²) in [4.78, 5) is 16.4. The van der Waals surface area contributed by atoms with Gasteiger partial charge in [-0.3, -0.25) is 9.78 Å². The number of nitrogens with one attached hydrogen (secondary N) is 2. The highest BCUT2D eigenvalue weighted by atomic mass is 16.1. The number of aromatic nitrogens is 1. The summed E-state index contributed by atoms with van der Waals surface area (Å²) in [5, 5.41) is 16.5. The lowest BCUT2D eigenvalue weighted by molar-refractivity contribution is 0.0953. The predicted octanol–water partition coefficient (Wildman–Crippen LogP) is 3.86. The second-order valence-electron chi connectivity index (χ2n) is 5.99. The van der Waals surface area contributed by atoms with E-state index in [-0.39, 0.29) is 5.91 Å². The molecule has 0 saturated carbocycles. The molecule has 26 heavy (non-hydrogen) atoms. The fourth-order valence-corrected chi connectivity index (χ4v) is 2.77. The van der Waals surface area contributed by atoms with Crippen LogP contribution >= 0.6 is 0 Å². The molecule has 0 atom stereocenters. The third kappa shape index (κ3) is 3.81. The molecule has 5 heteroatoms. The smallest absolute Gasteiger partial charge is 0.251 e. The predicted molar refractivity (Wildman–Crippen MR) is 103 cm³/mol. The number of carbonyl (C=O) groups excluding carboxylic acids is 1. The number of hydrogen-bond acceptors (Lipinski definition) is 4. The molecule has 0 aliphatic heterocycles. The van der Waals surface area contributed by atoms with Crippen molar-refractivity contribution in [1.82, 2.24) is 10.3 Å². The fourth-order valence-electron chi connectivity index (χ4n) is 2.77. The van der Waals surface area contributed by atoms with Crippen molar-refractivity contribution in [2.45, 2.75) is 19.9 Å². The molecule has 2 N–H and O–H groups in total. The Labute approximate surface area is 152 Å². The van der Waals surface area contributed by atoms with Crippen molar-refractivity contribution >= 4 is 22.5 Å². The summed E-state index contributed by atoms with van der Waals surface area (Å²) in [5.74, 6) is -0.0687. The number of pyridine rings is 1. The van der Waals surface area contributed by atoms with E-state index in [1.807, 2.05) is 49.4 Å². The molecule has 0 radical (unpaired) electrons. The van der Waals surface area contributed by atoms with Crippen molar-refractivity contribution < 1.29 is 4.79 Å². The minimum absolute atomic E-state index is 0.0687. The van der Waals surface area contributed by atoms with Gasteiger partial charge >= 0.3 is 0 Å². The molecule has 2 aromatic carbocycles. The molecule has 1 aromatic heterocycles. The molecule has 0 unspecified atom stereocenters. The number of amides is 1. The summed E-state index contributed by atoms with van der Waals surface area (Å²) in [6.45, 7) is 3.19. The van der Waals surface area contributed by atoms with Gasteiger partial charge in [-0.1, -0.05) is 37.3 Å². The van der Waals surface area contributed by atoms with Crippen molar-refractivity contribution in [1.29, 1.82) is 5.26 Å². The van der Waals surface area contributed by atoms with E-state index in [4.69, 9.17) is 0 Å². The first-order valence-corrected chi connectivity index (χ1v) is 8.61. The number of fused-ring (bicyclic) bond motifs is 1. The average molecular weight is 344 g/mol. The first-order chi connectivity index (χ1) is 12.7. The number of nitriles is 1. The highest BCUT2D eigenvalue weighted by molar-refractivity contribution is 5.95. The van der Waals surface area contributed by atoms with Gasteiger partial charge in [-0.25, -0.2) is 0 Å². The lowest BCUT2D eigenvalue weighted by atomic mass is 10.1. The van der Waals surface area contributed by atoms with Crippen LogP contribution in [0.2, 0.25) is 0 Å². The highest BCUT2D eigenvalue weighted by Crippen LogP contribution is 2.26. The van der Waals surface area contributed by atoms with E-state index < -0.39 is 0 Å². The Hall–Kier alpha value is -3.39. The lowest BCUT2D eigenvalue weighted by Crippen LogP contribution is -2.24. The van der Waals surface area contributed by atoms with Crippen LogP contribution in [0.25, 0.3) is 10.9 Å². The second kappa shape index (κ2) is 8.13. The van der Waals surface area contributed by atoms with E-state index in [0.29, 0.717) is 24.2 Å². The second-order valence-corrected chi connectivity index (χ2v) is 5.99. The summed E-state index contributed by atoms with van der Waals surface area (Å²) in [6, 6.07) is 17.4. The number of para-hydroxylation sites is 1. The van der Waals surface area contributed by atoms with Gasteiger partial charge in [0.05, 0.1) is 16.8 Å². The maximum Gasteiger partial charge on any atom is 0.251 e. The number of carbonyl (C=O) groups is 1. The van der Waals surface area contributed by atoms with Crippen LogP contribution in [0, 0.1) is 11.3 Å². The molecule has 130 valence electrons. The van der Waals surface area contributed by atoms with Gasteiger partial charge in [0.15, 0.2) is 0 Å². The van der Waals surface area contributed by atoms with Crippen LogP contribution in [-0.2, 0) is 6.54 Å². The van der Waals surface area contributed by atoms with E-state index >= 15 is 0 Å². The summed E-state index contributed by atoms with van der Waals surface area (Å²) in [7, 11) is 0. The third-order valence-corrected chi connectivity index (χ3v) is 4.09. The van der Waals surface area contributed by atoms with Gasteiger partial charge in [0, 0.05) is 30.2 Å². The van der Waals surface area contributed by atoms with Crippen molar-refractivity contribution in [2.24, 2.45) is 0 Å². The minimum Gasteiger partial charge on any atom is -0.379 e. The van der Waals surface area contributed by atoms with Gasteiger partial charge in [-0.05, 0) is 30.2 Å². The van der Waals surface area contributed by atoms with Gasteiger partial charge in [0.2, 0.25) is 0 Å². The van der Waals surface area contributed by atoms with Crippen LogP contribution in [0.3, 0.4) is 0 Å². The first kappa shape index (κ1) is 17.4. The van der Waals surface area contributed by atoms with E-state index in [2.05, 4.69) is 21.7 Å². The summed E-state index contributed by atoms with van der Waals surface area (Å²) in [6.07, 6.45) is 2.48. The summed E-state index contributed by atoms with van der Waals surface area (Å²) < 4.78 is 0. The average Bonchev–Trinajstić information content (AvgIpc) is 2.70. The fraction of sp³-hybridized carbons (Fsp3) is 0.190. The Morgan fingerprint density at radius 3 is 2.85 bits per heavy atom. The Morgan fingerprint density at radius 1 is 1.19 bits per heavy atom. The Kier molecular flexibility index (Phi) is 5.45. The van der Waals surface area contributed by atoms with E-state index in [1.54, 1.807) is 12.3 Å². The molecule has 0 aliphatic carbocycles. The SMILES string of the molecule is CCCNC(=O)c1cccc(CNc2c(C#N)cnc3ccccc23)c1. The molecule has 5 nitrogen and oxygen atoms in total. The quantitative estimate of drug-likeness (QED) is 0.712. The molecule has 0 fully saturated rings. The molecule has 3 aromatic rings. The van der Waals surface area contributed by atoms with E-state index in [0.717, 1.165) is 28.6 Å². The number of anilines is 1. The number of hydrogen-bond donors (Lipinski definition) is 2. The molecule has 3 rings (SSSR count). The zero-order valence-electron chi connectivity index (χ0n) is 14.6. The van der Waals surface area contributed by atoms with Gasteiger partial charge < -0.3 is 10.6 Å². The molecular weight excluding hydrogens is 324 g/mol. The van der Waals surface area contributed by atoms with Crippen molar-refractivity contribution in [3.63, 3.8) is 0 Å². The third-order valence-electron chi connectivity index (χ3n) is 4.09. The van der Waals surface area contributed by atoms with Gasteiger partial charge in [0.1, 0.15) is 6.07 Å². The Balaban J connectivity index is 1.83. The molecule has 0 bridgehead atoms.